The molecule has 0 unspecified atom stereocenters. The number of benzene rings is 3. The minimum atomic E-state index is -1.80. The van der Waals surface area contributed by atoms with Crippen LogP contribution in [0.5, 0.6) is 0 Å². The summed E-state index contributed by atoms with van der Waals surface area (Å²) in [5.41, 5.74) is 2.66. The summed E-state index contributed by atoms with van der Waals surface area (Å²) >= 11 is 0. The standard InChI is InChI=1S/C21H23NSi/c1-23(2,21-16-10-5-11-17-21)22(20-14-8-4-9-15-20)18-19-12-6-3-7-13-19/h3-17H,18H2,1-2H3. The number of nitrogens with zero attached hydrogens (tertiary/aromatic N) is 1. The van der Waals surface area contributed by atoms with Crippen molar-refractivity contribution < 1.29 is 0 Å². The van der Waals surface area contributed by atoms with Crippen LogP contribution in [0.3, 0.4) is 0 Å². The van der Waals surface area contributed by atoms with E-state index in [1.54, 1.807) is 0 Å². The van der Waals surface area contributed by atoms with Gasteiger partial charge in [0.25, 0.3) is 0 Å². The van der Waals surface area contributed by atoms with Gasteiger partial charge in [-0.05, 0) is 36.0 Å². The van der Waals surface area contributed by atoms with Gasteiger partial charge in [0.1, 0.15) is 0 Å². The Bertz CT molecular complexity index is 724. The molecule has 0 fully saturated rings. The van der Waals surface area contributed by atoms with Crippen LogP contribution in [-0.4, -0.2) is 8.24 Å². The van der Waals surface area contributed by atoms with Crippen molar-refractivity contribution in [3.63, 3.8) is 0 Å². The van der Waals surface area contributed by atoms with Crippen molar-refractivity contribution in [3.8, 4) is 0 Å². The molecule has 0 saturated carbocycles. The van der Waals surface area contributed by atoms with Crippen molar-refractivity contribution in [1.29, 1.82) is 0 Å². The van der Waals surface area contributed by atoms with E-state index in [1.165, 1.54) is 16.4 Å². The summed E-state index contributed by atoms with van der Waals surface area (Å²) < 4.78 is 2.61. The van der Waals surface area contributed by atoms with Gasteiger partial charge in [-0.2, -0.15) is 0 Å². The maximum Gasteiger partial charge on any atom is 0.182 e. The van der Waals surface area contributed by atoms with Gasteiger partial charge in [-0.1, -0.05) is 78.9 Å². The summed E-state index contributed by atoms with van der Waals surface area (Å²) in [6.07, 6.45) is 0. The minimum absolute atomic E-state index is 0.943. The second-order valence-electron chi connectivity index (χ2n) is 6.33. The minimum Gasteiger partial charge on any atom is -0.390 e. The maximum absolute atomic E-state index is 2.61. The lowest BCUT2D eigenvalue weighted by Crippen LogP contribution is -2.57. The van der Waals surface area contributed by atoms with E-state index in [1.807, 2.05) is 0 Å². The molecule has 0 aliphatic carbocycles. The molecule has 0 aliphatic rings. The Morgan fingerprint density at radius 3 is 1.70 bits per heavy atom. The highest BCUT2D eigenvalue weighted by molar-refractivity contribution is 6.92. The van der Waals surface area contributed by atoms with E-state index >= 15 is 0 Å². The largest absolute Gasteiger partial charge is 0.390 e. The van der Waals surface area contributed by atoms with Crippen LogP contribution in [0.25, 0.3) is 0 Å². The van der Waals surface area contributed by atoms with Gasteiger partial charge in [0.2, 0.25) is 0 Å². The van der Waals surface area contributed by atoms with Crippen molar-refractivity contribution in [1.82, 2.24) is 0 Å². The summed E-state index contributed by atoms with van der Waals surface area (Å²) in [6, 6.07) is 32.5. The number of anilines is 1. The van der Waals surface area contributed by atoms with Crippen molar-refractivity contribution >= 4 is 19.1 Å². The molecule has 0 bridgehead atoms. The lowest BCUT2D eigenvalue weighted by molar-refractivity contribution is 1.01. The summed E-state index contributed by atoms with van der Waals surface area (Å²) in [6.45, 7) is 5.80. The fourth-order valence-corrected chi connectivity index (χ4v) is 5.68. The van der Waals surface area contributed by atoms with Crippen LogP contribution < -0.4 is 9.75 Å². The highest BCUT2D eigenvalue weighted by atomic mass is 28.3. The first-order valence-electron chi connectivity index (χ1n) is 8.10. The molecule has 0 aromatic heterocycles. The Kier molecular flexibility index (Phi) is 4.63. The van der Waals surface area contributed by atoms with Crippen molar-refractivity contribution in [2.75, 3.05) is 4.57 Å². The highest BCUT2D eigenvalue weighted by Crippen LogP contribution is 2.24. The molecular weight excluding hydrogens is 294 g/mol. The summed E-state index contributed by atoms with van der Waals surface area (Å²) in [4.78, 5) is 0. The van der Waals surface area contributed by atoms with E-state index in [-0.39, 0.29) is 0 Å². The first-order chi connectivity index (χ1) is 11.2. The van der Waals surface area contributed by atoms with Gasteiger partial charge in [0, 0.05) is 12.2 Å². The monoisotopic (exact) mass is 317 g/mol. The average Bonchev–Trinajstić information content (AvgIpc) is 2.62. The molecule has 1 nitrogen and oxygen atoms in total. The fraction of sp³-hybridized carbons (Fsp3) is 0.143. The number of hydrogen-bond acceptors (Lipinski definition) is 1. The summed E-state index contributed by atoms with van der Waals surface area (Å²) in [7, 11) is -1.80. The Hall–Kier alpha value is -2.32. The molecule has 0 aliphatic heterocycles. The molecule has 3 aromatic rings. The molecule has 116 valence electrons. The van der Waals surface area contributed by atoms with E-state index in [4.69, 9.17) is 0 Å². The van der Waals surface area contributed by atoms with Gasteiger partial charge < -0.3 is 4.57 Å². The second-order valence-corrected chi connectivity index (χ2v) is 10.6. The first kappa shape index (κ1) is 15.6. The summed E-state index contributed by atoms with van der Waals surface area (Å²) in [5, 5.41) is 1.46. The fourth-order valence-electron chi connectivity index (χ4n) is 2.99. The third-order valence-corrected chi connectivity index (χ3v) is 7.92. The van der Waals surface area contributed by atoms with E-state index in [0.29, 0.717) is 0 Å². The van der Waals surface area contributed by atoms with Gasteiger partial charge >= 0.3 is 0 Å². The van der Waals surface area contributed by atoms with Gasteiger partial charge in [-0.15, -0.1) is 0 Å². The molecule has 0 heterocycles. The van der Waals surface area contributed by atoms with Crippen molar-refractivity contribution in [3.05, 3.63) is 96.6 Å². The van der Waals surface area contributed by atoms with Crippen LogP contribution in [0, 0.1) is 0 Å². The van der Waals surface area contributed by atoms with E-state index in [2.05, 4.69) is 109 Å². The summed E-state index contributed by atoms with van der Waals surface area (Å²) in [5.74, 6) is 0. The Morgan fingerprint density at radius 1 is 0.652 bits per heavy atom. The molecule has 2 heteroatoms. The predicted octanol–water partition coefficient (Wildman–Crippen LogP) is 4.81. The van der Waals surface area contributed by atoms with Gasteiger partial charge in [-0.25, -0.2) is 0 Å². The molecule has 3 aromatic carbocycles. The predicted molar refractivity (Wildman–Crippen MR) is 103 cm³/mol. The van der Waals surface area contributed by atoms with Crippen LogP contribution >= 0.6 is 0 Å². The highest BCUT2D eigenvalue weighted by Gasteiger charge is 2.32. The van der Waals surface area contributed by atoms with Crippen LogP contribution in [0.4, 0.5) is 5.69 Å². The van der Waals surface area contributed by atoms with Crippen molar-refractivity contribution in [2.24, 2.45) is 0 Å². The molecule has 3 rings (SSSR count). The van der Waals surface area contributed by atoms with Crippen molar-refractivity contribution in [2.45, 2.75) is 19.6 Å². The first-order valence-corrected chi connectivity index (χ1v) is 11.0. The Morgan fingerprint density at radius 2 is 1.13 bits per heavy atom. The molecule has 0 amide bonds. The van der Waals surface area contributed by atoms with Crippen LogP contribution in [0.15, 0.2) is 91.0 Å². The quantitative estimate of drug-likeness (QED) is 0.611. The smallest absolute Gasteiger partial charge is 0.182 e. The Labute approximate surface area is 140 Å². The Balaban J connectivity index is 2.01. The second kappa shape index (κ2) is 6.84. The molecule has 0 atom stereocenters. The van der Waals surface area contributed by atoms with Crippen LogP contribution in [0.2, 0.25) is 13.1 Å². The van der Waals surface area contributed by atoms with Crippen LogP contribution in [-0.2, 0) is 6.54 Å². The van der Waals surface area contributed by atoms with Gasteiger partial charge in [-0.3, -0.25) is 0 Å². The molecule has 23 heavy (non-hydrogen) atoms. The molecular formula is C21H23NSi. The average molecular weight is 318 g/mol. The number of hydrogen-bond donors (Lipinski definition) is 0. The van der Waals surface area contributed by atoms with E-state index in [9.17, 15) is 0 Å². The number of rotatable bonds is 5. The SMILES string of the molecule is C[Si](C)(c1ccccc1)N(Cc1ccccc1)c1ccccc1. The van der Waals surface area contributed by atoms with E-state index < -0.39 is 8.24 Å². The normalized spacial score (nSPS) is 11.2. The molecule has 0 radical (unpaired) electrons. The zero-order valence-electron chi connectivity index (χ0n) is 13.8. The van der Waals surface area contributed by atoms with Crippen LogP contribution in [0.1, 0.15) is 5.56 Å². The van der Waals surface area contributed by atoms with Gasteiger partial charge in [0.05, 0.1) is 0 Å². The topological polar surface area (TPSA) is 3.24 Å². The molecule has 0 N–H and O–H groups in total. The maximum atomic E-state index is 2.61. The molecule has 0 saturated heterocycles. The van der Waals surface area contributed by atoms with E-state index in [0.717, 1.165) is 6.54 Å². The lowest BCUT2D eigenvalue weighted by Gasteiger charge is -2.39. The zero-order chi connectivity index (χ0) is 16.1. The van der Waals surface area contributed by atoms with Gasteiger partial charge in [0.15, 0.2) is 8.24 Å². The number of para-hydroxylation sites is 1. The third-order valence-electron chi connectivity index (χ3n) is 4.41. The lowest BCUT2D eigenvalue weighted by atomic mass is 10.2. The zero-order valence-corrected chi connectivity index (χ0v) is 14.8. The third kappa shape index (κ3) is 3.54. The molecule has 0 spiro atoms.